The molecule has 0 atom stereocenters. The Morgan fingerprint density at radius 3 is 2.45 bits per heavy atom. The first-order chi connectivity index (χ1) is 10.4. The average Bonchev–Trinajstić information content (AvgIpc) is 2.48. The van der Waals surface area contributed by atoms with E-state index < -0.39 is 15.6 Å². The van der Waals surface area contributed by atoms with Gasteiger partial charge in [0.2, 0.25) is 10.0 Å². The van der Waals surface area contributed by atoms with E-state index in [2.05, 4.69) is 9.71 Å². The van der Waals surface area contributed by atoms with Gasteiger partial charge in [0.1, 0.15) is 0 Å². The molecule has 1 aromatic carbocycles. The molecule has 2 aromatic rings. The Kier molecular flexibility index (Phi) is 5.32. The zero-order valence-corrected chi connectivity index (χ0v) is 13.8. The van der Waals surface area contributed by atoms with Crippen molar-refractivity contribution in [3.8, 4) is 0 Å². The van der Waals surface area contributed by atoms with E-state index >= 15 is 0 Å². The van der Waals surface area contributed by atoms with Crippen LogP contribution in [0.5, 0.6) is 0 Å². The SMILES string of the molecule is CC(C)(NS(=O)(=O)CCCc1ccccc1)c1cccnc1. The fourth-order valence-electron chi connectivity index (χ4n) is 2.34. The molecule has 1 aromatic heterocycles. The van der Waals surface area contributed by atoms with Crippen LogP contribution in [0.15, 0.2) is 54.9 Å². The first-order valence-electron chi connectivity index (χ1n) is 7.35. The van der Waals surface area contributed by atoms with Crippen molar-refractivity contribution in [1.82, 2.24) is 9.71 Å². The van der Waals surface area contributed by atoms with Gasteiger partial charge in [-0.05, 0) is 43.9 Å². The molecule has 2 rings (SSSR count). The van der Waals surface area contributed by atoms with Gasteiger partial charge in [0, 0.05) is 12.4 Å². The summed E-state index contributed by atoms with van der Waals surface area (Å²) in [5.74, 6) is 0.117. The van der Waals surface area contributed by atoms with Crippen molar-refractivity contribution in [2.75, 3.05) is 5.75 Å². The lowest BCUT2D eigenvalue weighted by atomic mass is 9.98. The molecule has 0 amide bonds. The number of aromatic nitrogens is 1. The van der Waals surface area contributed by atoms with E-state index in [9.17, 15) is 8.42 Å². The maximum absolute atomic E-state index is 12.3. The lowest BCUT2D eigenvalue weighted by molar-refractivity contribution is 0.470. The molecule has 0 spiro atoms. The highest BCUT2D eigenvalue weighted by Gasteiger charge is 2.26. The van der Waals surface area contributed by atoms with Gasteiger partial charge in [-0.3, -0.25) is 4.98 Å². The Balaban J connectivity index is 1.93. The van der Waals surface area contributed by atoms with E-state index in [0.29, 0.717) is 6.42 Å². The Labute approximate surface area is 132 Å². The number of nitrogens with zero attached hydrogens (tertiary/aromatic N) is 1. The summed E-state index contributed by atoms with van der Waals surface area (Å²) in [6.45, 7) is 3.69. The van der Waals surface area contributed by atoms with Gasteiger partial charge >= 0.3 is 0 Å². The van der Waals surface area contributed by atoms with Crippen molar-refractivity contribution in [3.63, 3.8) is 0 Å². The zero-order chi connectivity index (χ0) is 16.1. The number of rotatable bonds is 7. The Morgan fingerprint density at radius 1 is 1.09 bits per heavy atom. The molecule has 22 heavy (non-hydrogen) atoms. The van der Waals surface area contributed by atoms with Crippen molar-refractivity contribution in [2.45, 2.75) is 32.2 Å². The number of pyridine rings is 1. The van der Waals surface area contributed by atoms with Crippen LogP contribution < -0.4 is 4.72 Å². The highest BCUT2D eigenvalue weighted by molar-refractivity contribution is 7.89. The molecule has 4 nitrogen and oxygen atoms in total. The van der Waals surface area contributed by atoms with Crippen LogP contribution in [0.1, 0.15) is 31.4 Å². The normalized spacial score (nSPS) is 12.3. The summed E-state index contributed by atoms with van der Waals surface area (Å²) in [5, 5.41) is 0. The second kappa shape index (κ2) is 7.03. The predicted octanol–water partition coefficient (Wildman–Crippen LogP) is 2.87. The zero-order valence-electron chi connectivity index (χ0n) is 13.0. The molecule has 0 bridgehead atoms. The monoisotopic (exact) mass is 318 g/mol. The number of benzene rings is 1. The largest absolute Gasteiger partial charge is 0.264 e. The first kappa shape index (κ1) is 16.6. The molecule has 0 aliphatic rings. The molecule has 118 valence electrons. The predicted molar refractivity (Wildman–Crippen MR) is 88.9 cm³/mol. The van der Waals surface area contributed by atoms with Crippen molar-refractivity contribution < 1.29 is 8.42 Å². The van der Waals surface area contributed by atoms with Crippen LogP contribution in [0, 0.1) is 0 Å². The standard InChI is InChI=1S/C17H22N2O2S/c1-17(2,16-11-6-12-18-14-16)19-22(20,21)13-7-10-15-8-4-3-5-9-15/h3-6,8-9,11-12,14,19H,7,10,13H2,1-2H3. The highest BCUT2D eigenvalue weighted by Crippen LogP contribution is 2.20. The van der Waals surface area contributed by atoms with Gasteiger partial charge in [0.25, 0.3) is 0 Å². The number of hydrogen-bond donors (Lipinski definition) is 1. The Morgan fingerprint density at radius 2 is 1.82 bits per heavy atom. The number of hydrogen-bond acceptors (Lipinski definition) is 3. The van der Waals surface area contributed by atoms with E-state index in [0.717, 1.165) is 17.5 Å². The third-order valence-electron chi connectivity index (χ3n) is 3.52. The van der Waals surface area contributed by atoms with Gasteiger partial charge in [0.15, 0.2) is 0 Å². The van der Waals surface area contributed by atoms with Crippen LogP contribution in [0.4, 0.5) is 0 Å². The molecule has 0 aliphatic carbocycles. The molecule has 0 saturated carbocycles. The Bertz CT molecular complexity index is 683. The molecule has 1 heterocycles. The van der Waals surface area contributed by atoms with Crippen molar-refractivity contribution in [1.29, 1.82) is 0 Å². The summed E-state index contributed by atoms with van der Waals surface area (Å²) < 4.78 is 27.3. The van der Waals surface area contributed by atoms with Crippen LogP contribution in [-0.4, -0.2) is 19.2 Å². The molecular weight excluding hydrogens is 296 g/mol. The van der Waals surface area contributed by atoms with Crippen molar-refractivity contribution in [2.24, 2.45) is 0 Å². The van der Waals surface area contributed by atoms with Gasteiger partial charge < -0.3 is 0 Å². The third kappa shape index (κ3) is 4.93. The van der Waals surface area contributed by atoms with Crippen LogP contribution in [0.2, 0.25) is 0 Å². The maximum Gasteiger partial charge on any atom is 0.212 e. The van der Waals surface area contributed by atoms with Crippen LogP contribution >= 0.6 is 0 Å². The number of nitrogens with one attached hydrogen (secondary N) is 1. The van der Waals surface area contributed by atoms with E-state index in [1.807, 2.05) is 50.2 Å². The van der Waals surface area contributed by atoms with Gasteiger partial charge in [-0.2, -0.15) is 0 Å². The topological polar surface area (TPSA) is 59.1 Å². The lowest BCUT2D eigenvalue weighted by Gasteiger charge is -2.26. The van der Waals surface area contributed by atoms with E-state index in [4.69, 9.17) is 0 Å². The minimum atomic E-state index is -3.34. The minimum Gasteiger partial charge on any atom is -0.264 e. The van der Waals surface area contributed by atoms with Crippen LogP contribution in [0.3, 0.4) is 0 Å². The smallest absolute Gasteiger partial charge is 0.212 e. The number of aryl methyl sites for hydroxylation is 1. The van der Waals surface area contributed by atoms with E-state index in [-0.39, 0.29) is 5.75 Å². The minimum absolute atomic E-state index is 0.117. The molecule has 0 fully saturated rings. The van der Waals surface area contributed by atoms with Gasteiger partial charge in [-0.15, -0.1) is 0 Å². The fraction of sp³-hybridized carbons (Fsp3) is 0.353. The second-order valence-corrected chi connectivity index (χ2v) is 7.72. The van der Waals surface area contributed by atoms with Crippen LogP contribution in [-0.2, 0) is 22.0 Å². The van der Waals surface area contributed by atoms with Gasteiger partial charge in [0.05, 0.1) is 11.3 Å². The summed E-state index contributed by atoms with van der Waals surface area (Å²) in [6, 6.07) is 13.6. The molecule has 5 heteroatoms. The molecule has 0 aliphatic heterocycles. The van der Waals surface area contributed by atoms with Crippen LogP contribution in [0.25, 0.3) is 0 Å². The van der Waals surface area contributed by atoms with Gasteiger partial charge in [-0.1, -0.05) is 36.4 Å². The molecule has 0 unspecified atom stereocenters. The molecular formula is C17H22N2O2S. The molecule has 0 saturated heterocycles. The van der Waals surface area contributed by atoms with Crippen molar-refractivity contribution in [3.05, 3.63) is 66.0 Å². The highest BCUT2D eigenvalue weighted by atomic mass is 32.2. The molecule has 1 N–H and O–H groups in total. The summed E-state index contributed by atoms with van der Waals surface area (Å²) in [7, 11) is -3.34. The van der Waals surface area contributed by atoms with E-state index in [1.54, 1.807) is 18.5 Å². The van der Waals surface area contributed by atoms with E-state index in [1.165, 1.54) is 0 Å². The van der Waals surface area contributed by atoms with Crippen molar-refractivity contribution >= 4 is 10.0 Å². The molecule has 0 radical (unpaired) electrons. The summed E-state index contributed by atoms with van der Waals surface area (Å²) in [5.41, 5.74) is 1.34. The average molecular weight is 318 g/mol. The third-order valence-corrected chi connectivity index (χ3v) is 5.16. The maximum atomic E-state index is 12.3. The first-order valence-corrected chi connectivity index (χ1v) is 9.00. The quantitative estimate of drug-likeness (QED) is 0.854. The van der Waals surface area contributed by atoms with Gasteiger partial charge in [-0.25, -0.2) is 13.1 Å². The summed E-state index contributed by atoms with van der Waals surface area (Å²) in [6.07, 6.45) is 4.72. The Hall–Kier alpha value is -1.72. The fourth-order valence-corrected chi connectivity index (χ4v) is 3.86. The summed E-state index contributed by atoms with van der Waals surface area (Å²) in [4.78, 5) is 4.05. The second-order valence-electron chi connectivity index (χ2n) is 5.88. The number of sulfonamides is 1. The lowest BCUT2D eigenvalue weighted by Crippen LogP contribution is -2.42. The summed E-state index contributed by atoms with van der Waals surface area (Å²) >= 11 is 0.